The summed E-state index contributed by atoms with van der Waals surface area (Å²) in [5.41, 5.74) is -2.09. The Labute approximate surface area is 163 Å². The highest BCUT2D eigenvalue weighted by Gasteiger charge is 2.50. The molecule has 0 aromatic rings. The van der Waals surface area contributed by atoms with Crippen LogP contribution in [0.2, 0.25) is 0 Å². The average Bonchev–Trinajstić information content (AvgIpc) is 2.61. The van der Waals surface area contributed by atoms with Gasteiger partial charge >= 0.3 is 0 Å². The van der Waals surface area contributed by atoms with Gasteiger partial charge in [-0.3, -0.25) is 9.59 Å². The van der Waals surface area contributed by atoms with Crippen molar-refractivity contribution in [2.24, 2.45) is 11.3 Å². The van der Waals surface area contributed by atoms with E-state index in [9.17, 15) is 30.0 Å². The van der Waals surface area contributed by atoms with E-state index in [-0.39, 0.29) is 24.5 Å². The third-order valence-corrected chi connectivity index (χ3v) is 5.77. The zero-order valence-electron chi connectivity index (χ0n) is 16.3. The fraction of sp³-hybridized carbons (Fsp3) is 0.789. The standard InChI is InChI=1S/C19H30O9/c1-10-6-12(22)7-18(2,3)19(10,26)5-4-11(21)9-27-17-16(25)15(24)14(23)13(8-20)28-17/h4-5,10,13-17,20,23-26H,6-9H2,1-3H3. The number of aliphatic hydroxyl groups excluding tert-OH is 4. The Morgan fingerprint density at radius 2 is 1.89 bits per heavy atom. The summed E-state index contributed by atoms with van der Waals surface area (Å²) in [5.74, 6) is -0.822. The smallest absolute Gasteiger partial charge is 0.187 e. The van der Waals surface area contributed by atoms with Crippen LogP contribution in [0.15, 0.2) is 12.2 Å². The molecule has 0 bridgehead atoms. The molecule has 0 aromatic heterocycles. The van der Waals surface area contributed by atoms with Crippen molar-refractivity contribution < 1.29 is 44.6 Å². The first-order valence-electron chi connectivity index (χ1n) is 9.31. The Morgan fingerprint density at radius 1 is 1.25 bits per heavy atom. The van der Waals surface area contributed by atoms with Crippen LogP contribution in [-0.2, 0) is 19.1 Å². The largest absolute Gasteiger partial charge is 0.394 e. The number of hydrogen-bond donors (Lipinski definition) is 5. The molecule has 0 spiro atoms. The quantitative estimate of drug-likeness (QED) is 0.341. The van der Waals surface area contributed by atoms with Gasteiger partial charge in [-0.25, -0.2) is 0 Å². The van der Waals surface area contributed by atoms with Gasteiger partial charge in [-0.2, -0.15) is 0 Å². The van der Waals surface area contributed by atoms with Gasteiger partial charge in [-0.05, 0) is 18.1 Å². The molecule has 2 aliphatic rings. The first-order chi connectivity index (χ1) is 12.9. The minimum atomic E-state index is -1.60. The van der Waals surface area contributed by atoms with Gasteiger partial charge in [0.05, 0.1) is 12.2 Å². The van der Waals surface area contributed by atoms with Crippen molar-refractivity contribution in [2.45, 2.75) is 69.9 Å². The summed E-state index contributed by atoms with van der Waals surface area (Å²) in [5, 5.41) is 49.5. The lowest BCUT2D eigenvalue weighted by Gasteiger charge is -2.48. The molecule has 7 unspecified atom stereocenters. The van der Waals surface area contributed by atoms with Gasteiger partial charge < -0.3 is 35.0 Å². The highest BCUT2D eigenvalue weighted by Crippen LogP contribution is 2.46. The number of rotatable bonds is 6. The molecule has 1 heterocycles. The van der Waals surface area contributed by atoms with E-state index in [0.717, 1.165) is 6.08 Å². The Hall–Kier alpha value is -1.20. The summed E-state index contributed by atoms with van der Waals surface area (Å²) in [4.78, 5) is 24.0. The average molecular weight is 402 g/mol. The third-order valence-electron chi connectivity index (χ3n) is 5.77. The van der Waals surface area contributed by atoms with E-state index in [1.54, 1.807) is 20.8 Å². The number of ketones is 2. The summed E-state index contributed by atoms with van der Waals surface area (Å²) in [6.45, 7) is 4.16. The van der Waals surface area contributed by atoms with Crippen LogP contribution in [0, 0.1) is 11.3 Å². The molecule has 2 fully saturated rings. The molecule has 9 heteroatoms. The number of carbonyl (C=O) groups is 2. The van der Waals surface area contributed by atoms with Crippen LogP contribution < -0.4 is 0 Å². The second-order valence-electron chi connectivity index (χ2n) is 8.34. The molecule has 2 rings (SSSR count). The SMILES string of the molecule is CC1CC(=O)CC(C)(C)C1(O)C=CC(=O)COC1OC(CO)C(O)C(O)C1O. The van der Waals surface area contributed by atoms with Crippen molar-refractivity contribution in [1.29, 1.82) is 0 Å². The maximum absolute atomic E-state index is 12.2. The Morgan fingerprint density at radius 3 is 2.46 bits per heavy atom. The van der Waals surface area contributed by atoms with Gasteiger partial charge in [-0.1, -0.05) is 20.8 Å². The Kier molecular flexibility index (Phi) is 7.14. The molecule has 1 aliphatic carbocycles. The maximum Gasteiger partial charge on any atom is 0.187 e. The minimum Gasteiger partial charge on any atom is -0.394 e. The highest BCUT2D eigenvalue weighted by molar-refractivity contribution is 5.91. The highest BCUT2D eigenvalue weighted by atomic mass is 16.7. The topological polar surface area (TPSA) is 154 Å². The molecule has 28 heavy (non-hydrogen) atoms. The third kappa shape index (κ3) is 4.51. The zero-order chi connectivity index (χ0) is 21.3. The van der Waals surface area contributed by atoms with E-state index in [1.807, 2.05) is 0 Å². The van der Waals surface area contributed by atoms with Crippen molar-refractivity contribution in [3.63, 3.8) is 0 Å². The lowest BCUT2D eigenvalue weighted by atomic mass is 9.60. The fourth-order valence-corrected chi connectivity index (χ4v) is 3.90. The normalized spacial score (nSPS) is 41.4. The molecule has 0 aromatic carbocycles. The molecular formula is C19H30O9. The summed E-state index contributed by atoms with van der Waals surface area (Å²) in [6.07, 6.45) is -4.27. The van der Waals surface area contributed by atoms with Crippen molar-refractivity contribution >= 4 is 11.6 Å². The number of hydrogen-bond acceptors (Lipinski definition) is 9. The van der Waals surface area contributed by atoms with Crippen LogP contribution >= 0.6 is 0 Å². The van der Waals surface area contributed by atoms with E-state index in [0.29, 0.717) is 0 Å². The van der Waals surface area contributed by atoms with E-state index in [2.05, 4.69) is 0 Å². The number of Topliss-reactive ketones (excluding diaryl/α,β-unsaturated/α-hetero) is 1. The van der Waals surface area contributed by atoms with E-state index < -0.39 is 60.7 Å². The van der Waals surface area contributed by atoms with Gasteiger partial charge in [0.15, 0.2) is 12.1 Å². The van der Waals surface area contributed by atoms with Crippen LogP contribution in [0.1, 0.15) is 33.6 Å². The number of aliphatic hydroxyl groups is 5. The van der Waals surface area contributed by atoms with Crippen LogP contribution in [0.3, 0.4) is 0 Å². The molecule has 5 N–H and O–H groups in total. The Bertz CT molecular complexity index is 615. The van der Waals surface area contributed by atoms with Crippen molar-refractivity contribution in [3.05, 3.63) is 12.2 Å². The summed E-state index contributed by atoms with van der Waals surface area (Å²) in [7, 11) is 0. The number of carbonyl (C=O) groups excluding carboxylic acids is 2. The van der Waals surface area contributed by atoms with Crippen molar-refractivity contribution in [3.8, 4) is 0 Å². The molecule has 7 atom stereocenters. The minimum absolute atomic E-state index is 0.0628. The van der Waals surface area contributed by atoms with Crippen LogP contribution in [0.4, 0.5) is 0 Å². The van der Waals surface area contributed by atoms with Gasteiger partial charge in [0, 0.05) is 18.3 Å². The Balaban J connectivity index is 1.99. The predicted molar refractivity (Wildman–Crippen MR) is 96.0 cm³/mol. The van der Waals surface area contributed by atoms with Gasteiger partial charge in [0.2, 0.25) is 0 Å². The first kappa shape index (κ1) is 23.1. The molecule has 1 aliphatic heterocycles. The molecule has 160 valence electrons. The van der Waals surface area contributed by atoms with E-state index in [4.69, 9.17) is 14.6 Å². The molecule has 0 amide bonds. The van der Waals surface area contributed by atoms with Crippen LogP contribution in [0.5, 0.6) is 0 Å². The monoisotopic (exact) mass is 402 g/mol. The number of ether oxygens (including phenoxy) is 2. The van der Waals surface area contributed by atoms with Crippen LogP contribution in [0.25, 0.3) is 0 Å². The lowest BCUT2D eigenvalue weighted by molar-refractivity contribution is -0.298. The lowest BCUT2D eigenvalue weighted by Crippen LogP contribution is -2.59. The molecule has 0 radical (unpaired) electrons. The van der Waals surface area contributed by atoms with Gasteiger partial charge in [0.1, 0.15) is 36.8 Å². The van der Waals surface area contributed by atoms with Crippen molar-refractivity contribution in [1.82, 2.24) is 0 Å². The zero-order valence-corrected chi connectivity index (χ0v) is 16.3. The molecule has 1 saturated carbocycles. The second-order valence-corrected chi connectivity index (χ2v) is 8.34. The van der Waals surface area contributed by atoms with Gasteiger partial charge in [-0.15, -0.1) is 0 Å². The van der Waals surface area contributed by atoms with Crippen LogP contribution in [-0.4, -0.2) is 86.6 Å². The molecule has 1 saturated heterocycles. The predicted octanol–water partition coefficient (Wildman–Crippen LogP) is -1.32. The summed E-state index contributed by atoms with van der Waals surface area (Å²) in [6, 6.07) is 0. The summed E-state index contributed by atoms with van der Waals surface area (Å²) < 4.78 is 10.3. The van der Waals surface area contributed by atoms with E-state index >= 15 is 0 Å². The van der Waals surface area contributed by atoms with Gasteiger partial charge in [0.25, 0.3) is 0 Å². The maximum atomic E-state index is 12.2. The second kappa shape index (κ2) is 8.66. The first-order valence-corrected chi connectivity index (χ1v) is 9.31. The van der Waals surface area contributed by atoms with E-state index in [1.165, 1.54) is 6.08 Å². The molecular weight excluding hydrogens is 372 g/mol. The summed E-state index contributed by atoms with van der Waals surface area (Å²) >= 11 is 0. The van der Waals surface area contributed by atoms with Crippen molar-refractivity contribution in [2.75, 3.05) is 13.2 Å². The fourth-order valence-electron chi connectivity index (χ4n) is 3.90. The molecule has 9 nitrogen and oxygen atoms in total.